The van der Waals surface area contributed by atoms with Gasteiger partial charge in [0.15, 0.2) is 0 Å². The van der Waals surface area contributed by atoms with Gasteiger partial charge in [-0.3, -0.25) is 4.79 Å². The maximum Gasteiger partial charge on any atom is 0.234 e. The summed E-state index contributed by atoms with van der Waals surface area (Å²) < 4.78 is 0. The summed E-state index contributed by atoms with van der Waals surface area (Å²) in [5, 5.41) is 0. The Balaban J connectivity index is 2.03. The minimum atomic E-state index is 0.106. The molecule has 1 amide bonds. The van der Waals surface area contributed by atoms with Crippen molar-refractivity contribution in [2.45, 2.75) is 37.8 Å². The summed E-state index contributed by atoms with van der Waals surface area (Å²) in [7, 11) is 0. The van der Waals surface area contributed by atoms with Crippen molar-refractivity contribution in [1.82, 2.24) is 4.90 Å². The van der Waals surface area contributed by atoms with Crippen LogP contribution in [0, 0.1) is 18.3 Å². The SMILES string of the molecule is C#CCC(=O)N1CC2CC(N)CC1C2. The van der Waals surface area contributed by atoms with Crippen LogP contribution in [0.2, 0.25) is 0 Å². The molecule has 3 heteroatoms. The molecule has 2 bridgehead atoms. The molecular formula is C11H16N2O. The van der Waals surface area contributed by atoms with Crippen LogP contribution < -0.4 is 5.73 Å². The van der Waals surface area contributed by atoms with Gasteiger partial charge in [0.1, 0.15) is 0 Å². The lowest BCUT2D eigenvalue weighted by molar-refractivity contribution is -0.130. The lowest BCUT2D eigenvalue weighted by atomic mass is 9.87. The molecule has 1 saturated carbocycles. The van der Waals surface area contributed by atoms with Crippen LogP contribution in [0.3, 0.4) is 0 Å². The van der Waals surface area contributed by atoms with Gasteiger partial charge in [0.05, 0.1) is 6.42 Å². The van der Waals surface area contributed by atoms with Crippen LogP contribution in [-0.2, 0) is 4.79 Å². The van der Waals surface area contributed by atoms with Gasteiger partial charge in [-0.1, -0.05) is 5.92 Å². The molecule has 2 fully saturated rings. The second-order valence-corrected chi connectivity index (χ2v) is 4.41. The summed E-state index contributed by atoms with van der Waals surface area (Å²) >= 11 is 0. The Hall–Kier alpha value is -1.01. The molecule has 76 valence electrons. The standard InChI is InChI=1S/C11H16N2O/c1-2-3-11(14)13-7-8-4-9(12)6-10(13)5-8/h1,8-10H,3-7,12H2. The third-order valence-electron chi connectivity index (χ3n) is 3.29. The number of likely N-dealkylation sites (tertiary alicyclic amines) is 1. The third kappa shape index (κ3) is 1.62. The molecule has 2 aliphatic rings. The summed E-state index contributed by atoms with van der Waals surface area (Å²) in [5.41, 5.74) is 5.91. The Morgan fingerprint density at radius 1 is 1.50 bits per heavy atom. The average molecular weight is 192 g/mol. The Labute approximate surface area is 84.6 Å². The minimum Gasteiger partial charge on any atom is -0.339 e. The van der Waals surface area contributed by atoms with Crippen LogP contribution in [-0.4, -0.2) is 29.4 Å². The highest BCUT2D eigenvalue weighted by molar-refractivity contribution is 5.79. The molecule has 0 spiro atoms. The summed E-state index contributed by atoms with van der Waals surface area (Å²) in [6.45, 7) is 0.874. The van der Waals surface area contributed by atoms with Crippen molar-refractivity contribution in [1.29, 1.82) is 0 Å². The minimum absolute atomic E-state index is 0.106. The van der Waals surface area contributed by atoms with Crippen LogP contribution in [0.4, 0.5) is 0 Å². The lowest BCUT2D eigenvalue weighted by Crippen LogP contribution is -2.38. The summed E-state index contributed by atoms with van der Waals surface area (Å²) in [6.07, 6.45) is 8.52. The lowest BCUT2D eigenvalue weighted by Gasteiger charge is -2.27. The highest BCUT2D eigenvalue weighted by atomic mass is 16.2. The fraction of sp³-hybridized carbons (Fsp3) is 0.727. The van der Waals surface area contributed by atoms with E-state index in [1.807, 2.05) is 4.90 Å². The summed E-state index contributed by atoms with van der Waals surface area (Å²) in [6, 6.07) is 0.645. The van der Waals surface area contributed by atoms with E-state index in [1.165, 1.54) is 0 Å². The second-order valence-electron chi connectivity index (χ2n) is 4.41. The van der Waals surface area contributed by atoms with Gasteiger partial charge in [-0.05, 0) is 25.2 Å². The van der Waals surface area contributed by atoms with Crippen molar-refractivity contribution in [3.8, 4) is 12.3 Å². The number of terminal acetylenes is 1. The van der Waals surface area contributed by atoms with Crippen molar-refractivity contribution in [2.75, 3.05) is 6.54 Å². The largest absolute Gasteiger partial charge is 0.339 e. The van der Waals surface area contributed by atoms with Crippen molar-refractivity contribution in [3.05, 3.63) is 0 Å². The monoisotopic (exact) mass is 192 g/mol. The van der Waals surface area contributed by atoms with Crippen molar-refractivity contribution < 1.29 is 4.79 Å². The zero-order valence-electron chi connectivity index (χ0n) is 8.28. The Bertz CT molecular complexity index is 282. The number of carbonyl (C=O) groups is 1. The number of amides is 1. The molecule has 14 heavy (non-hydrogen) atoms. The number of nitrogens with two attached hydrogens (primary N) is 1. The number of rotatable bonds is 1. The van der Waals surface area contributed by atoms with E-state index in [-0.39, 0.29) is 18.4 Å². The molecular weight excluding hydrogens is 176 g/mol. The van der Waals surface area contributed by atoms with Gasteiger partial charge in [-0.25, -0.2) is 0 Å². The van der Waals surface area contributed by atoms with Gasteiger partial charge in [-0.2, -0.15) is 0 Å². The fourth-order valence-corrected chi connectivity index (χ4v) is 2.78. The quantitative estimate of drug-likeness (QED) is 0.609. The molecule has 3 atom stereocenters. The zero-order valence-corrected chi connectivity index (χ0v) is 8.28. The van der Waals surface area contributed by atoms with E-state index in [9.17, 15) is 4.79 Å². The van der Waals surface area contributed by atoms with Crippen molar-refractivity contribution >= 4 is 5.91 Å². The Morgan fingerprint density at radius 3 is 3.00 bits per heavy atom. The first-order valence-corrected chi connectivity index (χ1v) is 5.19. The first kappa shape index (κ1) is 9.54. The summed E-state index contributed by atoms with van der Waals surface area (Å²) in [4.78, 5) is 13.6. The second kappa shape index (κ2) is 3.62. The molecule has 1 heterocycles. The highest BCUT2D eigenvalue weighted by Gasteiger charge is 2.39. The maximum atomic E-state index is 11.6. The number of hydrogen-bond acceptors (Lipinski definition) is 2. The van der Waals surface area contributed by atoms with Gasteiger partial charge in [-0.15, -0.1) is 6.42 Å². The van der Waals surface area contributed by atoms with E-state index in [4.69, 9.17) is 12.2 Å². The van der Waals surface area contributed by atoms with E-state index in [0.717, 1.165) is 25.8 Å². The van der Waals surface area contributed by atoms with Crippen LogP contribution >= 0.6 is 0 Å². The predicted molar refractivity (Wildman–Crippen MR) is 54.3 cm³/mol. The normalized spacial score (nSPS) is 35.4. The number of fused-ring (bicyclic) bond motifs is 2. The molecule has 1 aliphatic heterocycles. The molecule has 3 nitrogen and oxygen atoms in total. The van der Waals surface area contributed by atoms with Gasteiger partial charge >= 0.3 is 0 Å². The first-order valence-electron chi connectivity index (χ1n) is 5.19. The Morgan fingerprint density at radius 2 is 2.29 bits per heavy atom. The highest BCUT2D eigenvalue weighted by Crippen LogP contribution is 2.35. The van der Waals surface area contributed by atoms with E-state index in [2.05, 4.69) is 5.92 Å². The molecule has 0 radical (unpaired) electrons. The van der Waals surface area contributed by atoms with E-state index >= 15 is 0 Å². The molecule has 2 N–H and O–H groups in total. The van der Waals surface area contributed by atoms with Crippen molar-refractivity contribution in [2.24, 2.45) is 11.7 Å². The van der Waals surface area contributed by atoms with Gasteiger partial charge in [0, 0.05) is 18.6 Å². The molecule has 2 rings (SSSR count). The van der Waals surface area contributed by atoms with Gasteiger partial charge in [0.25, 0.3) is 0 Å². The topological polar surface area (TPSA) is 46.3 Å². The van der Waals surface area contributed by atoms with Crippen LogP contribution in [0.15, 0.2) is 0 Å². The molecule has 3 unspecified atom stereocenters. The average Bonchev–Trinajstić information content (AvgIpc) is 2.42. The number of carbonyl (C=O) groups excluding carboxylic acids is 1. The van der Waals surface area contributed by atoms with Crippen molar-refractivity contribution in [3.63, 3.8) is 0 Å². The van der Waals surface area contributed by atoms with Gasteiger partial charge in [0.2, 0.25) is 5.91 Å². The number of hydrogen-bond donors (Lipinski definition) is 1. The number of nitrogens with zero attached hydrogens (tertiary/aromatic N) is 1. The molecule has 0 aromatic carbocycles. The zero-order chi connectivity index (χ0) is 10.1. The molecule has 1 saturated heterocycles. The first-order chi connectivity index (χ1) is 6.70. The van der Waals surface area contributed by atoms with Crippen LogP contribution in [0.25, 0.3) is 0 Å². The van der Waals surface area contributed by atoms with E-state index in [0.29, 0.717) is 12.0 Å². The fourth-order valence-electron chi connectivity index (χ4n) is 2.78. The summed E-state index contributed by atoms with van der Waals surface area (Å²) in [5.74, 6) is 3.13. The molecule has 0 aromatic rings. The third-order valence-corrected chi connectivity index (χ3v) is 3.29. The van der Waals surface area contributed by atoms with E-state index < -0.39 is 0 Å². The smallest absolute Gasteiger partial charge is 0.234 e. The van der Waals surface area contributed by atoms with Crippen LogP contribution in [0.5, 0.6) is 0 Å². The van der Waals surface area contributed by atoms with Gasteiger partial charge < -0.3 is 10.6 Å². The van der Waals surface area contributed by atoms with Crippen LogP contribution in [0.1, 0.15) is 25.7 Å². The maximum absolute atomic E-state index is 11.6. The Kier molecular flexibility index (Phi) is 2.47. The predicted octanol–water partition coefficient (Wildman–Crippen LogP) is 0.348. The molecule has 0 aromatic heterocycles. The van der Waals surface area contributed by atoms with E-state index in [1.54, 1.807) is 0 Å². The molecule has 1 aliphatic carbocycles.